The zero-order chi connectivity index (χ0) is 21.6. The normalized spacial score (nSPS) is 13.4. The highest BCUT2D eigenvalue weighted by molar-refractivity contribution is 7.92. The fraction of sp³-hybridized carbons (Fsp3) is 0.409. The molecule has 2 atom stereocenters. The molecule has 0 aliphatic carbocycles. The minimum atomic E-state index is -3.64. The largest absolute Gasteiger partial charge is 0.491 e. The molecule has 0 aliphatic heterocycles. The van der Waals surface area contributed by atoms with Gasteiger partial charge < -0.3 is 10.1 Å². The highest BCUT2D eigenvalue weighted by atomic mass is 32.2. The van der Waals surface area contributed by atoms with Crippen molar-refractivity contribution in [3.8, 4) is 5.75 Å². The van der Waals surface area contributed by atoms with Gasteiger partial charge in [0.05, 0.1) is 18.0 Å². The highest BCUT2D eigenvalue weighted by Crippen LogP contribution is 2.22. The molecule has 2 rings (SSSR count). The van der Waals surface area contributed by atoms with Crippen LogP contribution in [0.2, 0.25) is 0 Å². The summed E-state index contributed by atoms with van der Waals surface area (Å²) in [6, 6.07) is 13.7. The number of hydrogen-bond donors (Lipinski definition) is 1. The molecule has 0 aromatic heterocycles. The molecule has 29 heavy (non-hydrogen) atoms. The Labute approximate surface area is 173 Å². The van der Waals surface area contributed by atoms with Gasteiger partial charge in [0.1, 0.15) is 18.4 Å². The van der Waals surface area contributed by atoms with E-state index in [1.807, 2.05) is 57.2 Å². The summed E-state index contributed by atoms with van der Waals surface area (Å²) in [4.78, 5) is 12.7. The Balaban J connectivity index is 2.07. The van der Waals surface area contributed by atoms with Gasteiger partial charge in [-0.25, -0.2) is 8.42 Å². The maximum absolute atomic E-state index is 12.7. The molecule has 0 radical (unpaired) electrons. The molecule has 1 amide bonds. The van der Waals surface area contributed by atoms with Gasteiger partial charge in [-0.15, -0.1) is 0 Å². The number of ether oxygens (including phenoxy) is 1. The fourth-order valence-electron chi connectivity index (χ4n) is 3.03. The zero-order valence-corrected chi connectivity index (χ0v) is 18.5. The van der Waals surface area contributed by atoms with Crippen molar-refractivity contribution in [2.75, 3.05) is 17.2 Å². The van der Waals surface area contributed by atoms with E-state index in [9.17, 15) is 13.2 Å². The molecular formula is C22H30N2O4S. The molecule has 2 aromatic rings. The summed E-state index contributed by atoms with van der Waals surface area (Å²) in [6.45, 7) is 7.67. The summed E-state index contributed by atoms with van der Waals surface area (Å²) in [7, 11) is -3.64. The van der Waals surface area contributed by atoms with Crippen LogP contribution in [0.3, 0.4) is 0 Å². The second-order valence-corrected chi connectivity index (χ2v) is 9.10. The molecule has 2 unspecified atom stereocenters. The molecular weight excluding hydrogens is 388 g/mol. The van der Waals surface area contributed by atoms with E-state index in [2.05, 4.69) is 5.32 Å². The summed E-state index contributed by atoms with van der Waals surface area (Å²) in [5, 5.41) is 2.84. The summed E-state index contributed by atoms with van der Waals surface area (Å²) in [6.07, 6.45) is 1.96. The highest BCUT2D eigenvalue weighted by Gasteiger charge is 2.29. The van der Waals surface area contributed by atoms with Gasteiger partial charge in [-0.2, -0.15) is 0 Å². The molecule has 1 N–H and O–H groups in total. The zero-order valence-electron chi connectivity index (χ0n) is 17.7. The van der Waals surface area contributed by atoms with Gasteiger partial charge in [0.15, 0.2) is 0 Å². The topological polar surface area (TPSA) is 75.7 Å². The first-order valence-corrected chi connectivity index (χ1v) is 11.6. The minimum absolute atomic E-state index is 0.284. The number of anilines is 1. The van der Waals surface area contributed by atoms with Crippen LogP contribution in [0.1, 0.15) is 31.9 Å². The Morgan fingerprint density at radius 1 is 1.10 bits per heavy atom. The molecule has 0 heterocycles. The number of para-hydroxylation sites is 1. The van der Waals surface area contributed by atoms with E-state index in [1.54, 1.807) is 19.1 Å². The van der Waals surface area contributed by atoms with E-state index >= 15 is 0 Å². The molecule has 2 aromatic carbocycles. The summed E-state index contributed by atoms with van der Waals surface area (Å²) >= 11 is 0. The lowest BCUT2D eigenvalue weighted by Crippen LogP contribution is -2.50. The third-order valence-electron chi connectivity index (χ3n) is 4.66. The third kappa shape index (κ3) is 6.22. The Bertz CT molecular complexity index is 926. The first-order valence-electron chi connectivity index (χ1n) is 9.70. The second-order valence-electron chi connectivity index (χ2n) is 7.24. The van der Waals surface area contributed by atoms with Crippen LogP contribution in [0.15, 0.2) is 48.5 Å². The van der Waals surface area contributed by atoms with Crippen molar-refractivity contribution in [2.24, 2.45) is 0 Å². The van der Waals surface area contributed by atoms with Crippen molar-refractivity contribution < 1.29 is 17.9 Å². The van der Waals surface area contributed by atoms with Crippen LogP contribution in [0.5, 0.6) is 5.75 Å². The van der Waals surface area contributed by atoms with Crippen LogP contribution in [0.4, 0.5) is 5.69 Å². The van der Waals surface area contributed by atoms with Crippen LogP contribution in [0, 0.1) is 6.92 Å². The monoisotopic (exact) mass is 418 g/mol. The van der Waals surface area contributed by atoms with Crippen molar-refractivity contribution in [3.05, 3.63) is 59.7 Å². The average Bonchev–Trinajstić information content (AvgIpc) is 2.67. The van der Waals surface area contributed by atoms with Crippen LogP contribution in [-0.2, 0) is 21.2 Å². The van der Waals surface area contributed by atoms with Gasteiger partial charge in [-0.3, -0.25) is 9.10 Å². The molecule has 0 fully saturated rings. The number of carbonyl (C=O) groups is 1. The van der Waals surface area contributed by atoms with E-state index < -0.39 is 16.1 Å². The first-order chi connectivity index (χ1) is 13.6. The molecule has 0 aliphatic rings. The lowest BCUT2D eigenvalue weighted by atomic mass is 10.1. The van der Waals surface area contributed by atoms with Gasteiger partial charge in [0.25, 0.3) is 0 Å². The smallest absolute Gasteiger partial charge is 0.243 e. The molecule has 0 saturated carbocycles. The predicted molar refractivity (Wildman–Crippen MR) is 117 cm³/mol. The van der Waals surface area contributed by atoms with Crippen molar-refractivity contribution in [1.82, 2.24) is 5.32 Å². The Hall–Kier alpha value is -2.54. The number of nitrogens with zero attached hydrogens (tertiary/aromatic N) is 1. The number of benzene rings is 2. The molecule has 158 valence electrons. The van der Waals surface area contributed by atoms with Gasteiger partial charge >= 0.3 is 0 Å². The molecule has 0 saturated heterocycles. The van der Waals surface area contributed by atoms with Crippen molar-refractivity contribution in [2.45, 2.75) is 46.2 Å². The maximum Gasteiger partial charge on any atom is 0.243 e. The summed E-state index contributed by atoms with van der Waals surface area (Å²) in [5.41, 5.74) is 2.58. The number of rotatable bonds is 9. The van der Waals surface area contributed by atoms with E-state index in [1.165, 1.54) is 0 Å². The standard InChI is InChI=1S/C22H30N2O4S/c1-6-19-11-13-20(14-12-19)24(29(5,26)27)18(4)22(25)23-17(3)15-28-21-10-8-7-9-16(21)2/h7-14,17-18H,6,15H2,1-5H3,(H,23,25). The first kappa shape index (κ1) is 22.7. The lowest BCUT2D eigenvalue weighted by molar-refractivity contribution is -0.122. The summed E-state index contributed by atoms with van der Waals surface area (Å²) in [5.74, 6) is 0.381. The van der Waals surface area contributed by atoms with Crippen LogP contribution in [0.25, 0.3) is 0 Å². The lowest BCUT2D eigenvalue weighted by Gasteiger charge is -2.29. The number of sulfonamides is 1. The van der Waals surface area contributed by atoms with Crippen molar-refractivity contribution in [1.29, 1.82) is 0 Å². The van der Waals surface area contributed by atoms with E-state index in [4.69, 9.17) is 4.74 Å². The SMILES string of the molecule is CCc1ccc(N(C(C)C(=O)NC(C)COc2ccccc2C)S(C)(=O)=O)cc1. The van der Waals surface area contributed by atoms with Crippen LogP contribution in [-0.4, -0.2) is 39.3 Å². The Kier molecular flexibility index (Phi) is 7.67. The molecule has 0 spiro atoms. The van der Waals surface area contributed by atoms with Crippen LogP contribution >= 0.6 is 0 Å². The van der Waals surface area contributed by atoms with Gasteiger partial charge in [-0.05, 0) is 56.5 Å². The minimum Gasteiger partial charge on any atom is -0.491 e. The quantitative estimate of drug-likeness (QED) is 0.678. The Morgan fingerprint density at radius 2 is 1.72 bits per heavy atom. The molecule has 0 bridgehead atoms. The second kappa shape index (κ2) is 9.78. The molecule has 7 heteroatoms. The number of aryl methyl sites for hydroxylation is 2. The van der Waals surface area contributed by atoms with Gasteiger partial charge in [-0.1, -0.05) is 37.3 Å². The number of hydrogen-bond acceptors (Lipinski definition) is 4. The fourth-order valence-corrected chi connectivity index (χ4v) is 4.20. The average molecular weight is 419 g/mol. The maximum atomic E-state index is 12.7. The van der Waals surface area contributed by atoms with Gasteiger partial charge in [0.2, 0.25) is 15.9 Å². The van der Waals surface area contributed by atoms with Crippen molar-refractivity contribution in [3.63, 3.8) is 0 Å². The van der Waals surface area contributed by atoms with E-state index in [0.29, 0.717) is 5.69 Å². The van der Waals surface area contributed by atoms with Crippen LogP contribution < -0.4 is 14.4 Å². The predicted octanol–water partition coefficient (Wildman–Crippen LogP) is 3.30. The Morgan fingerprint density at radius 3 is 2.28 bits per heavy atom. The third-order valence-corrected chi connectivity index (χ3v) is 5.90. The summed E-state index contributed by atoms with van der Waals surface area (Å²) < 4.78 is 31.7. The van der Waals surface area contributed by atoms with E-state index in [0.717, 1.165) is 33.9 Å². The van der Waals surface area contributed by atoms with E-state index in [-0.39, 0.29) is 18.6 Å². The number of nitrogens with one attached hydrogen (secondary N) is 1. The molecule has 6 nitrogen and oxygen atoms in total. The number of amides is 1. The number of carbonyl (C=O) groups excluding carboxylic acids is 1. The van der Waals surface area contributed by atoms with Crippen molar-refractivity contribution >= 4 is 21.6 Å². The van der Waals surface area contributed by atoms with Gasteiger partial charge in [0, 0.05) is 0 Å².